The minimum atomic E-state index is -3.30. The van der Waals surface area contributed by atoms with E-state index in [4.69, 9.17) is 0 Å². The molecule has 0 saturated carbocycles. The van der Waals surface area contributed by atoms with E-state index >= 15 is 0 Å². The molecule has 1 fully saturated rings. The molecule has 1 heterocycles. The van der Waals surface area contributed by atoms with Crippen molar-refractivity contribution < 1.29 is 13.2 Å². The average molecular weight is 353 g/mol. The molecule has 0 atom stereocenters. The molecule has 1 aromatic rings. The first-order chi connectivity index (χ1) is 11.4. The Labute approximate surface area is 144 Å². The zero-order valence-corrected chi connectivity index (χ0v) is 15.3. The Hall–Kier alpha value is -1.44. The Morgan fingerprint density at radius 3 is 2.33 bits per heavy atom. The number of rotatable bonds is 7. The molecule has 1 N–H and O–H groups in total. The quantitative estimate of drug-likeness (QED) is 0.750. The molecule has 0 bridgehead atoms. The van der Waals surface area contributed by atoms with Crippen LogP contribution in [0.5, 0.6) is 0 Å². The molecule has 1 saturated heterocycles. The Morgan fingerprint density at radius 2 is 1.75 bits per heavy atom. The zero-order valence-electron chi connectivity index (χ0n) is 14.5. The number of sulfonamides is 1. The lowest BCUT2D eigenvalue weighted by Gasteiger charge is -2.31. The number of piperazine rings is 1. The second-order valence-electron chi connectivity index (χ2n) is 6.26. The van der Waals surface area contributed by atoms with Crippen LogP contribution in [0.2, 0.25) is 0 Å². The summed E-state index contributed by atoms with van der Waals surface area (Å²) in [6.07, 6.45) is 1.98. The molecule has 2 rings (SSSR count). The lowest BCUT2D eigenvalue weighted by atomic mass is 10.1. The van der Waals surface area contributed by atoms with E-state index < -0.39 is 10.0 Å². The summed E-state index contributed by atoms with van der Waals surface area (Å²) in [5, 5.41) is 2.85. The number of nitrogens with zero attached hydrogens (tertiary/aromatic N) is 2. The molecule has 0 aliphatic carbocycles. The lowest BCUT2D eigenvalue weighted by molar-refractivity contribution is 0.0953. The highest BCUT2D eigenvalue weighted by atomic mass is 32.2. The normalized spacial score (nSPS) is 16.9. The summed E-state index contributed by atoms with van der Waals surface area (Å²) >= 11 is 0. The first kappa shape index (κ1) is 18.9. The topological polar surface area (TPSA) is 69.7 Å². The van der Waals surface area contributed by atoms with Gasteiger partial charge in [-0.15, -0.1) is 0 Å². The summed E-state index contributed by atoms with van der Waals surface area (Å²) in [5.74, 6) is -0.133. The molecule has 0 aromatic heterocycles. The lowest BCUT2D eigenvalue weighted by Crippen LogP contribution is -2.47. The van der Waals surface area contributed by atoms with E-state index in [1.165, 1.54) is 0 Å². The van der Waals surface area contributed by atoms with E-state index in [0.29, 0.717) is 30.8 Å². The highest BCUT2D eigenvalue weighted by Crippen LogP contribution is 2.14. The molecular formula is C17H27N3O3S. The fourth-order valence-electron chi connectivity index (χ4n) is 2.60. The van der Waals surface area contributed by atoms with Crippen LogP contribution in [0.25, 0.3) is 0 Å². The third-order valence-electron chi connectivity index (χ3n) is 4.24. The maximum absolute atomic E-state index is 12.5. The summed E-state index contributed by atoms with van der Waals surface area (Å²) in [6, 6.07) is 6.83. The van der Waals surface area contributed by atoms with Gasteiger partial charge < -0.3 is 10.2 Å². The Morgan fingerprint density at radius 1 is 1.12 bits per heavy atom. The van der Waals surface area contributed by atoms with Gasteiger partial charge in [0.25, 0.3) is 5.91 Å². The summed E-state index contributed by atoms with van der Waals surface area (Å²) in [6.45, 7) is 5.33. The first-order valence-corrected chi connectivity index (χ1v) is 10.1. The predicted octanol–water partition coefficient (Wildman–Crippen LogP) is 1.29. The van der Waals surface area contributed by atoms with E-state index in [0.717, 1.165) is 25.9 Å². The van der Waals surface area contributed by atoms with Crippen molar-refractivity contribution >= 4 is 15.9 Å². The van der Waals surface area contributed by atoms with Gasteiger partial charge in [0.2, 0.25) is 10.0 Å². The molecule has 6 nitrogen and oxygen atoms in total. The number of benzene rings is 1. The van der Waals surface area contributed by atoms with Crippen molar-refractivity contribution in [3.63, 3.8) is 0 Å². The summed E-state index contributed by atoms with van der Waals surface area (Å²) in [5.41, 5.74) is 1.27. The van der Waals surface area contributed by atoms with Crippen molar-refractivity contribution in [1.29, 1.82) is 0 Å². The fourth-order valence-corrected chi connectivity index (χ4v) is 4.12. The van der Waals surface area contributed by atoms with Crippen molar-refractivity contribution in [1.82, 2.24) is 14.5 Å². The van der Waals surface area contributed by atoms with Crippen LogP contribution in [0.1, 0.15) is 35.7 Å². The van der Waals surface area contributed by atoms with Crippen LogP contribution in [-0.4, -0.2) is 63.3 Å². The van der Waals surface area contributed by atoms with Crippen LogP contribution in [0.15, 0.2) is 24.3 Å². The minimum absolute atomic E-state index is 0.0194. The summed E-state index contributed by atoms with van der Waals surface area (Å²) < 4.78 is 26.5. The Balaban J connectivity index is 1.94. The van der Waals surface area contributed by atoms with Crippen LogP contribution in [0, 0.1) is 0 Å². The summed E-state index contributed by atoms with van der Waals surface area (Å²) in [7, 11) is -1.31. The van der Waals surface area contributed by atoms with Crippen LogP contribution in [0.4, 0.5) is 0 Å². The van der Waals surface area contributed by atoms with Crippen molar-refractivity contribution in [2.75, 3.05) is 39.8 Å². The molecular weight excluding hydrogens is 326 g/mol. The highest BCUT2D eigenvalue weighted by molar-refractivity contribution is 7.88. The maximum Gasteiger partial charge on any atom is 0.251 e. The molecule has 1 aromatic carbocycles. The molecule has 1 aliphatic heterocycles. The molecule has 7 heteroatoms. The van der Waals surface area contributed by atoms with Crippen molar-refractivity contribution in [3.05, 3.63) is 35.4 Å². The van der Waals surface area contributed by atoms with Gasteiger partial charge in [-0.2, -0.15) is 4.31 Å². The second-order valence-corrected chi connectivity index (χ2v) is 8.23. The van der Waals surface area contributed by atoms with E-state index in [1.807, 2.05) is 7.05 Å². The molecule has 0 unspecified atom stereocenters. The van der Waals surface area contributed by atoms with Gasteiger partial charge in [0, 0.05) is 38.3 Å². The number of carbonyl (C=O) groups is 1. The number of unbranched alkanes of at least 4 members (excludes halogenated alkanes) is 1. The van der Waals surface area contributed by atoms with Crippen LogP contribution in [0.3, 0.4) is 0 Å². The van der Waals surface area contributed by atoms with E-state index in [9.17, 15) is 13.2 Å². The summed E-state index contributed by atoms with van der Waals surface area (Å²) in [4.78, 5) is 14.1. The standard InChI is InChI=1S/C17H27N3O3S/c1-3-4-9-18-17(21)16-7-5-15(6-8-16)14-24(22,23)20-12-10-19(2)11-13-20/h5-8H,3-4,9-14H2,1-2H3,(H,18,21). The largest absolute Gasteiger partial charge is 0.352 e. The molecule has 0 radical (unpaired) electrons. The third kappa shape index (κ3) is 5.29. The van der Waals surface area contributed by atoms with Crippen molar-refractivity contribution in [3.8, 4) is 0 Å². The molecule has 1 aliphatic rings. The van der Waals surface area contributed by atoms with Crippen LogP contribution >= 0.6 is 0 Å². The van der Waals surface area contributed by atoms with Crippen molar-refractivity contribution in [2.24, 2.45) is 0 Å². The Kier molecular flexibility index (Phi) is 6.77. The van der Waals surface area contributed by atoms with E-state index in [-0.39, 0.29) is 11.7 Å². The number of hydrogen-bond donors (Lipinski definition) is 1. The SMILES string of the molecule is CCCCNC(=O)c1ccc(CS(=O)(=O)N2CCN(C)CC2)cc1. The van der Waals surface area contributed by atoms with Gasteiger partial charge in [-0.3, -0.25) is 4.79 Å². The zero-order chi connectivity index (χ0) is 17.6. The van der Waals surface area contributed by atoms with Gasteiger partial charge >= 0.3 is 0 Å². The van der Waals surface area contributed by atoms with Gasteiger partial charge in [-0.05, 0) is 31.2 Å². The van der Waals surface area contributed by atoms with Crippen LogP contribution in [-0.2, 0) is 15.8 Å². The molecule has 24 heavy (non-hydrogen) atoms. The Bertz CT molecular complexity index is 636. The number of hydrogen-bond acceptors (Lipinski definition) is 4. The van der Waals surface area contributed by atoms with Gasteiger partial charge in [-0.25, -0.2) is 8.42 Å². The number of carbonyl (C=O) groups excluding carboxylic acids is 1. The second kappa shape index (κ2) is 8.60. The van der Waals surface area contributed by atoms with Gasteiger partial charge in [0.1, 0.15) is 0 Å². The van der Waals surface area contributed by atoms with E-state index in [2.05, 4.69) is 17.1 Å². The number of likely N-dealkylation sites (N-methyl/N-ethyl adjacent to an activating group) is 1. The smallest absolute Gasteiger partial charge is 0.251 e. The highest BCUT2D eigenvalue weighted by Gasteiger charge is 2.25. The fraction of sp³-hybridized carbons (Fsp3) is 0.588. The third-order valence-corrected chi connectivity index (χ3v) is 6.09. The predicted molar refractivity (Wildman–Crippen MR) is 95.4 cm³/mol. The first-order valence-electron chi connectivity index (χ1n) is 8.46. The molecule has 0 spiro atoms. The van der Waals surface area contributed by atoms with E-state index in [1.54, 1.807) is 28.6 Å². The van der Waals surface area contributed by atoms with Gasteiger partial charge in [0.05, 0.1) is 5.75 Å². The molecule has 1 amide bonds. The minimum Gasteiger partial charge on any atom is -0.352 e. The van der Waals surface area contributed by atoms with Gasteiger partial charge in [-0.1, -0.05) is 25.5 Å². The molecule has 134 valence electrons. The maximum atomic E-state index is 12.5. The van der Waals surface area contributed by atoms with Crippen molar-refractivity contribution in [2.45, 2.75) is 25.5 Å². The average Bonchev–Trinajstić information content (AvgIpc) is 2.55. The van der Waals surface area contributed by atoms with Crippen LogP contribution < -0.4 is 5.32 Å². The number of nitrogens with one attached hydrogen (secondary N) is 1. The monoisotopic (exact) mass is 353 g/mol. The van der Waals surface area contributed by atoms with Gasteiger partial charge in [0.15, 0.2) is 0 Å². The number of amides is 1.